The molecule has 1 fully saturated rings. The van der Waals surface area contributed by atoms with Crippen LogP contribution in [0, 0.1) is 0 Å². The number of hydrogen-bond donors (Lipinski definition) is 1. The summed E-state index contributed by atoms with van der Waals surface area (Å²) in [4.78, 5) is 39.2. The van der Waals surface area contributed by atoms with E-state index in [1.54, 1.807) is 41.4 Å². The van der Waals surface area contributed by atoms with Crippen molar-refractivity contribution in [2.45, 2.75) is 43.1 Å². The smallest absolute Gasteiger partial charge is 0.264 e. The maximum atomic E-state index is 15.2. The fourth-order valence-corrected chi connectivity index (χ4v) is 8.58. The minimum absolute atomic E-state index is 0.0351. The first kappa shape index (κ1) is 35.8. The standard InChI is InChI=1S/C43H45ClN6O4/c1-29-24-30-8-4-5-9-32(30)28-49(29)42(53)43(44)17-7-6-10-37(43)39-26-36(38(47(39)3)16-19-48-20-22-54-23-21-48)41(52)50(33-11-13-35(51)14-12-33)34-25-31-15-18-46(2)40(31)45-27-34/h4-15,17-18,25-27,29,37,51H,16,19-24,28H2,1-3H3/t29-,37?,43?/m1/s1. The Bertz CT molecular complexity index is 2270. The summed E-state index contributed by atoms with van der Waals surface area (Å²) >= 11 is 7.60. The van der Waals surface area contributed by atoms with Gasteiger partial charge in [0, 0.05) is 87.3 Å². The number of aryl methyl sites for hydroxylation is 1. The predicted molar refractivity (Wildman–Crippen MR) is 211 cm³/mol. The highest BCUT2D eigenvalue weighted by atomic mass is 35.5. The Kier molecular flexibility index (Phi) is 9.68. The van der Waals surface area contributed by atoms with E-state index in [1.807, 2.05) is 78.3 Å². The SMILES string of the molecule is C[C@@H]1Cc2ccccc2CN1C(=O)C1(Cl)C=CC=CC1c1cc(C(=O)N(c2ccc(O)cc2)c2cnc3c(ccn3C)c2)c(CCN2CCOCC2)n1C. The van der Waals surface area contributed by atoms with Crippen LogP contribution in [0.2, 0.25) is 0 Å². The van der Waals surface area contributed by atoms with Crippen molar-refractivity contribution in [3.8, 4) is 5.75 Å². The van der Waals surface area contributed by atoms with E-state index in [9.17, 15) is 9.90 Å². The van der Waals surface area contributed by atoms with E-state index in [1.165, 1.54) is 5.56 Å². The number of amides is 2. The lowest BCUT2D eigenvalue weighted by Gasteiger charge is -2.41. The van der Waals surface area contributed by atoms with Crippen LogP contribution in [0.4, 0.5) is 11.4 Å². The van der Waals surface area contributed by atoms with Gasteiger partial charge in [0.15, 0.2) is 4.87 Å². The minimum Gasteiger partial charge on any atom is -0.508 e. The summed E-state index contributed by atoms with van der Waals surface area (Å²) in [6, 6.07) is 20.7. The number of anilines is 2. The molecule has 2 aliphatic heterocycles. The highest BCUT2D eigenvalue weighted by Crippen LogP contribution is 2.44. The van der Waals surface area contributed by atoms with E-state index in [4.69, 9.17) is 21.3 Å². The number of allylic oxidation sites excluding steroid dienone is 3. The van der Waals surface area contributed by atoms with Crippen LogP contribution in [0.15, 0.2) is 103 Å². The predicted octanol–water partition coefficient (Wildman–Crippen LogP) is 6.63. The molecule has 11 heteroatoms. The van der Waals surface area contributed by atoms with Gasteiger partial charge < -0.3 is 23.9 Å². The molecule has 54 heavy (non-hydrogen) atoms. The Morgan fingerprint density at radius 3 is 2.54 bits per heavy atom. The van der Waals surface area contributed by atoms with E-state index in [2.05, 4.69) is 28.5 Å². The van der Waals surface area contributed by atoms with E-state index in [-0.39, 0.29) is 23.6 Å². The molecule has 3 aromatic heterocycles. The van der Waals surface area contributed by atoms with Crippen molar-refractivity contribution < 1.29 is 19.4 Å². The van der Waals surface area contributed by atoms with Gasteiger partial charge in [0.25, 0.3) is 5.91 Å². The molecule has 2 unspecified atom stereocenters. The molecule has 8 rings (SSSR count). The fraction of sp³-hybridized carbons (Fsp3) is 0.326. The number of halogens is 1. The van der Waals surface area contributed by atoms with Gasteiger partial charge in [0.1, 0.15) is 11.4 Å². The van der Waals surface area contributed by atoms with E-state index < -0.39 is 10.8 Å². The van der Waals surface area contributed by atoms with Crippen molar-refractivity contribution in [3.05, 3.63) is 132 Å². The number of benzene rings is 2. The Morgan fingerprint density at radius 2 is 1.76 bits per heavy atom. The van der Waals surface area contributed by atoms with Crippen LogP contribution in [0.3, 0.4) is 0 Å². The second-order valence-corrected chi connectivity index (χ2v) is 15.3. The molecule has 0 saturated carbocycles. The molecule has 0 spiro atoms. The molecule has 2 aromatic carbocycles. The quantitative estimate of drug-likeness (QED) is 0.179. The van der Waals surface area contributed by atoms with Crippen LogP contribution < -0.4 is 4.90 Å². The van der Waals surface area contributed by atoms with Gasteiger partial charge in [0.2, 0.25) is 5.91 Å². The van der Waals surface area contributed by atoms with Gasteiger partial charge in [-0.05, 0) is 66.9 Å². The summed E-state index contributed by atoms with van der Waals surface area (Å²) in [7, 11) is 3.91. The molecule has 1 N–H and O–H groups in total. The van der Waals surface area contributed by atoms with Gasteiger partial charge >= 0.3 is 0 Å². The molecule has 2 amide bonds. The van der Waals surface area contributed by atoms with Crippen molar-refractivity contribution in [1.82, 2.24) is 23.9 Å². The van der Waals surface area contributed by atoms with Crippen molar-refractivity contribution >= 4 is 45.8 Å². The maximum Gasteiger partial charge on any atom is 0.264 e. The summed E-state index contributed by atoms with van der Waals surface area (Å²) in [5.74, 6) is -0.865. The van der Waals surface area contributed by atoms with Crippen LogP contribution in [0.25, 0.3) is 11.0 Å². The van der Waals surface area contributed by atoms with Crippen LogP contribution >= 0.6 is 11.6 Å². The monoisotopic (exact) mass is 744 g/mol. The number of morpholine rings is 1. The van der Waals surface area contributed by atoms with Gasteiger partial charge in [-0.25, -0.2) is 4.98 Å². The number of aromatic nitrogens is 3. The summed E-state index contributed by atoms with van der Waals surface area (Å²) in [6.45, 7) is 6.26. The van der Waals surface area contributed by atoms with Crippen molar-refractivity contribution in [2.24, 2.45) is 14.1 Å². The minimum atomic E-state index is -1.41. The second-order valence-electron chi connectivity index (χ2n) is 14.6. The number of carbonyl (C=O) groups is 2. The molecular formula is C43H45ClN6O4. The molecule has 10 nitrogen and oxygen atoms in total. The largest absolute Gasteiger partial charge is 0.508 e. The van der Waals surface area contributed by atoms with Crippen LogP contribution in [0.5, 0.6) is 5.75 Å². The van der Waals surface area contributed by atoms with Gasteiger partial charge in [-0.3, -0.25) is 19.4 Å². The molecule has 0 bridgehead atoms. The Morgan fingerprint density at radius 1 is 1.00 bits per heavy atom. The van der Waals surface area contributed by atoms with Crippen LogP contribution in [0.1, 0.15) is 45.7 Å². The molecule has 0 radical (unpaired) electrons. The van der Waals surface area contributed by atoms with Crippen LogP contribution in [-0.2, 0) is 43.0 Å². The number of phenolic OH excluding ortho intramolecular Hbond substituents is 1. The first-order valence-electron chi connectivity index (χ1n) is 18.6. The Labute approximate surface area is 320 Å². The van der Waals surface area contributed by atoms with E-state index in [0.717, 1.165) is 54.0 Å². The molecule has 3 atom stereocenters. The number of hydrogen-bond acceptors (Lipinski definition) is 6. The maximum absolute atomic E-state index is 15.2. The van der Waals surface area contributed by atoms with E-state index in [0.29, 0.717) is 43.1 Å². The lowest BCUT2D eigenvalue weighted by atomic mass is 9.82. The van der Waals surface area contributed by atoms with Crippen molar-refractivity contribution in [2.75, 3.05) is 37.7 Å². The zero-order valence-corrected chi connectivity index (χ0v) is 31.6. The lowest BCUT2D eigenvalue weighted by molar-refractivity contribution is -0.136. The van der Waals surface area contributed by atoms with Crippen LogP contribution in [-0.4, -0.2) is 84.6 Å². The zero-order chi connectivity index (χ0) is 37.6. The van der Waals surface area contributed by atoms with Crippen molar-refractivity contribution in [1.29, 1.82) is 0 Å². The van der Waals surface area contributed by atoms with Crippen molar-refractivity contribution in [3.63, 3.8) is 0 Å². The summed E-state index contributed by atoms with van der Waals surface area (Å²) in [5.41, 5.74) is 6.49. The number of aromatic hydroxyl groups is 1. The Balaban J connectivity index is 1.21. The number of ether oxygens (including phenoxy) is 1. The fourth-order valence-electron chi connectivity index (χ4n) is 8.21. The summed E-state index contributed by atoms with van der Waals surface area (Å²) < 4.78 is 9.62. The van der Waals surface area contributed by atoms with Gasteiger partial charge in [-0.2, -0.15) is 0 Å². The number of phenols is 1. The first-order valence-corrected chi connectivity index (χ1v) is 19.0. The normalized spacial score (nSPS) is 21.4. The highest BCUT2D eigenvalue weighted by Gasteiger charge is 2.48. The summed E-state index contributed by atoms with van der Waals surface area (Å²) in [5, 5.41) is 11.1. The molecule has 1 saturated heterocycles. The molecule has 5 aromatic rings. The lowest BCUT2D eigenvalue weighted by Crippen LogP contribution is -2.53. The average molecular weight is 745 g/mol. The topological polar surface area (TPSA) is 96.1 Å². The first-order chi connectivity index (χ1) is 26.1. The van der Waals surface area contributed by atoms with Gasteiger partial charge in [0.05, 0.1) is 30.7 Å². The number of alkyl halides is 1. The summed E-state index contributed by atoms with van der Waals surface area (Å²) in [6.07, 6.45) is 12.6. The number of carbonyl (C=O) groups excluding carboxylic acids is 2. The highest BCUT2D eigenvalue weighted by molar-refractivity contribution is 6.37. The molecule has 3 aliphatic rings. The third kappa shape index (κ3) is 6.52. The van der Waals surface area contributed by atoms with Gasteiger partial charge in [-0.1, -0.05) is 48.6 Å². The second kappa shape index (κ2) is 14.6. The number of nitrogens with zero attached hydrogens (tertiary/aromatic N) is 6. The Hall–Kier alpha value is -5.16. The number of rotatable bonds is 8. The third-order valence-corrected chi connectivity index (χ3v) is 11.8. The number of pyridine rings is 1. The molecule has 5 heterocycles. The molecular weight excluding hydrogens is 700 g/mol. The molecule has 278 valence electrons. The van der Waals surface area contributed by atoms with E-state index >= 15 is 4.79 Å². The van der Waals surface area contributed by atoms with Gasteiger partial charge in [-0.15, -0.1) is 11.6 Å². The molecule has 1 aliphatic carbocycles. The average Bonchev–Trinajstić information content (AvgIpc) is 3.72. The number of fused-ring (bicyclic) bond motifs is 2. The zero-order valence-electron chi connectivity index (χ0n) is 30.9. The third-order valence-electron chi connectivity index (χ3n) is 11.3.